The Morgan fingerprint density at radius 3 is 2.63 bits per heavy atom. The first kappa shape index (κ1) is 15.4. The molecule has 0 atom stereocenters. The largest absolute Gasteiger partial charge is 0.481 e. The topological polar surface area (TPSA) is 66.4 Å². The number of hydrogen-bond donors (Lipinski definition) is 2. The van der Waals surface area contributed by atoms with E-state index >= 15 is 0 Å². The van der Waals surface area contributed by atoms with E-state index in [2.05, 4.69) is 5.32 Å². The lowest BCUT2D eigenvalue weighted by Crippen LogP contribution is -2.32. The quantitative estimate of drug-likeness (QED) is 0.875. The first-order chi connectivity index (χ1) is 8.74. The molecule has 2 N–H and O–H groups in total. The molecule has 0 heterocycles. The Labute approximate surface area is 115 Å². The highest BCUT2D eigenvalue weighted by atomic mass is 35.5. The second-order valence-electron chi connectivity index (χ2n) is 4.82. The van der Waals surface area contributed by atoms with Gasteiger partial charge in [-0.25, -0.2) is 4.39 Å². The van der Waals surface area contributed by atoms with Crippen molar-refractivity contribution in [3.63, 3.8) is 0 Å². The zero-order valence-electron chi connectivity index (χ0n) is 10.7. The zero-order chi connectivity index (χ0) is 14.6. The molecule has 0 saturated heterocycles. The number of aliphatic carboxylic acids is 1. The Bertz CT molecular complexity index is 503. The lowest BCUT2D eigenvalue weighted by molar-refractivity contribution is -0.147. The number of carboxylic acid groups (broad SMARTS) is 1. The lowest BCUT2D eigenvalue weighted by Gasteiger charge is -2.18. The number of halogens is 2. The van der Waals surface area contributed by atoms with Gasteiger partial charge < -0.3 is 10.4 Å². The highest BCUT2D eigenvalue weighted by molar-refractivity contribution is 6.30. The maximum atomic E-state index is 13.4. The Morgan fingerprint density at radius 1 is 1.42 bits per heavy atom. The van der Waals surface area contributed by atoms with Crippen LogP contribution in [0, 0.1) is 11.2 Å². The molecule has 1 amide bonds. The minimum absolute atomic E-state index is 0.143. The third-order valence-corrected chi connectivity index (χ3v) is 3.02. The molecule has 19 heavy (non-hydrogen) atoms. The van der Waals surface area contributed by atoms with Crippen molar-refractivity contribution in [2.45, 2.75) is 20.3 Å². The number of nitrogens with one attached hydrogen (secondary N) is 1. The predicted octanol–water partition coefficient (Wildman–Crippen LogP) is 2.71. The van der Waals surface area contributed by atoms with Gasteiger partial charge in [0.05, 0.1) is 11.0 Å². The van der Waals surface area contributed by atoms with Crippen LogP contribution < -0.4 is 5.32 Å². The van der Waals surface area contributed by atoms with E-state index in [0.29, 0.717) is 0 Å². The molecule has 0 unspecified atom stereocenters. The van der Waals surface area contributed by atoms with Crippen molar-refractivity contribution < 1.29 is 19.1 Å². The fraction of sp³-hybridized carbons (Fsp3) is 0.385. The summed E-state index contributed by atoms with van der Waals surface area (Å²) >= 11 is 5.68. The smallest absolute Gasteiger partial charge is 0.309 e. The highest BCUT2D eigenvalue weighted by Gasteiger charge is 2.26. The first-order valence-electron chi connectivity index (χ1n) is 5.70. The number of hydrogen-bond acceptors (Lipinski definition) is 2. The lowest BCUT2D eigenvalue weighted by atomic mass is 9.90. The van der Waals surface area contributed by atoms with E-state index in [9.17, 15) is 14.0 Å². The molecule has 0 aromatic heterocycles. The fourth-order valence-electron chi connectivity index (χ4n) is 1.36. The SMILES string of the molecule is CC(C)(CCNC(=O)c1cc(Cl)ccc1F)C(=O)O. The minimum Gasteiger partial charge on any atom is -0.481 e. The van der Waals surface area contributed by atoms with Gasteiger partial charge >= 0.3 is 5.97 Å². The van der Waals surface area contributed by atoms with E-state index in [1.54, 1.807) is 13.8 Å². The van der Waals surface area contributed by atoms with Crippen LogP contribution in [-0.2, 0) is 4.79 Å². The van der Waals surface area contributed by atoms with Gasteiger partial charge in [-0.1, -0.05) is 11.6 Å². The normalized spacial score (nSPS) is 11.2. The molecule has 0 spiro atoms. The Balaban J connectivity index is 2.62. The van der Waals surface area contributed by atoms with E-state index in [-0.39, 0.29) is 23.6 Å². The summed E-state index contributed by atoms with van der Waals surface area (Å²) in [5, 5.41) is 11.7. The molecule has 0 fully saturated rings. The molecular weight excluding hydrogens is 273 g/mol. The van der Waals surface area contributed by atoms with Crippen molar-refractivity contribution in [1.82, 2.24) is 5.32 Å². The van der Waals surface area contributed by atoms with Crippen LogP contribution in [0.1, 0.15) is 30.6 Å². The summed E-state index contributed by atoms with van der Waals surface area (Å²) in [4.78, 5) is 22.6. The predicted molar refractivity (Wildman–Crippen MR) is 69.8 cm³/mol. The molecule has 0 bridgehead atoms. The molecule has 0 aliphatic carbocycles. The van der Waals surface area contributed by atoms with Gasteiger partial charge in [0.1, 0.15) is 5.82 Å². The van der Waals surface area contributed by atoms with E-state index < -0.39 is 23.1 Å². The van der Waals surface area contributed by atoms with E-state index in [4.69, 9.17) is 16.7 Å². The average molecular weight is 288 g/mol. The van der Waals surface area contributed by atoms with Crippen LogP contribution in [-0.4, -0.2) is 23.5 Å². The molecule has 104 valence electrons. The summed E-state index contributed by atoms with van der Waals surface area (Å²) in [6.07, 6.45) is 0.246. The molecule has 1 aromatic carbocycles. The number of benzene rings is 1. The van der Waals surface area contributed by atoms with Gasteiger partial charge in [0.15, 0.2) is 0 Å². The molecule has 0 aliphatic heterocycles. The van der Waals surface area contributed by atoms with Crippen molar-refractivity contribution >= 4 is 23.5 Å². The van der Waals surface area contributed by atoms with Crippen LogP contribution >= 0.6 is 11.6 Å². The Hall–Kier alpha value is -1.62. The van der Waals surface area contributed by atoms with Crippen LogP contribution in [0.5, 0.6) is 0 Å². The maximum Gasteiger partial charge on any atom is 0.309 e. The zero-order valence-corrected chi connectivity index (χ0v) is 11.4. The van der Waals surface area contributed by atoms with Crippen LogP contribution in [0.3, 0.4) is 0 Å². The molecular formula is C13H15ClFNO3. The van der Waals surface area contributed by atoms with Gasteiger partial charge in [0.2, 0.25) is 0 Å². The summed E-state index contributed by atoms with van der Waals surface area (Å²) in [5.41, 5.74) is -1.10. The number of carbonyl (C=O) groups excluding carboxylic acids is 1. The Morgan fingerprint density at radius 2 is 2.05 bits per heavy atom. The highest BCUT2D eigenvalue weighted by Crippen LogP contribution is 2.19. The van der Waals surface area contributed by atoms with Crippen molar-refractivity contribution in [2.24, 2.45) is 5.41 Å². The number of carbonyl (C=O) groups is 2. The van der Waals surface area contributed by atoms with Gasteiger partial charge in [-0.2, -0.15) is 0 Å². The van der Waals surface area contributed by atoms with Crippen LogP contribution in [0.4, 0.5) is 4.39 Å². The van der Waals surface area contributed by atoms with Crippen molar-refractivity contribution in [3.8, 4) is 0 Å². The number of rotatable bonds is 5. The average Bonchev–Trinajstić information content (AvgIpc) is 2.31. The third kappa shape index (κ3) is 4.21. The standard InChI is InChI=1S/C13H15ClFNO3/c1-13(2,12(18)19)5-6-16-11(17)9-7-8(14)3-4-10(9)15/h3-4,7H,5-6H2,1-2H3,(H,16,17)(H,18,19). The van der Waals surface area contributed by atoms with Crippen LogP contribution in [0.15, 0.2) is 18.2 Å². The van der Waals surface area contributed by atoms with Crippen molar-refractivity contribution in [1.29, 1.82) is 0 Å². The van der Waals surface area contributed by atoms with Crippen LogP contribution in [0.25, 0.3) is 0 Å². The monoisotopic (exact) mass is 287 g/mol. The second-order valence-corrected chi connectivity index (χ2v) is 5.26. The van der Waals surface area contributed by atoms with Gasteiger partial charge in [0.25, 0.3) is 5.91 Å². The summed E-state index contributed by atoms with van der Waals surface area (Å²) < 4.78 is 13.4. The van der Waals surface area contributed by atoms with Gasteiger partial charge in [0, 0.05) is 11.6 Å². The molecule has 4 nitrogen and oxygen atoms in total. The summed E-state index contributed by atoms with van der Waals surface area (Å²) in [7, 11) is 0. The van der Waals surface area contributed by atoms with Crippen molar-refractivity contribution in [2.75, 3.05) is 6.54 Å². The van der Waals surface area contributed by atoms with Gasteiger partial charge in [-0.3, -0.25) is 9.59 Å². The molecule has 0 aliphatic rings. The third-order valence-electron chi connectivity index (χ3n) is 2.79. The van der Waals surface area contributed by atoms with Crippen LogP contribution in [0.2, 0.25) is 5.02 Å². The van der Waals surface area contributed by atoms with Gasteiger partial charge in [-0.15, -0.1) is 0 Å². The molecule has 1 rings (SSSR count). The minimum atomic E-state index is -0.948. The summed E-state index contributed by atoms with van der Waals surface area (Å²) in [5.74, 6) is -2.23. The summed E-state index contributed by atoms with van der Waals surface area (Å²) in [6, 6.07) is 3.69. The van der Waals surface area contributed by atoms with Crippen molar-refractivity contribution in [3.05, 3.63) is 34.6 Å². The second kappa shape index (κ2) is 6.02. The molecule has 0 saturated carbocycles. The van der Waals surface area contributed by atoms with Gasteiger partial charge in [-0.05, 0) is 38.5 Å². The summed E-state index contributed by atoms with van der Waals surface area (Å²) in [6.45, 7) is 3.26. The Kier molecular flexibility index (Phi) is 4.89. The molecule has 1 aromatic rings. The molecule has 6 heteroatoms. The number of amides is 1. The van der Waals surface area contributed by atoms with E-state index in [0.717, 1.165) is 6.07 Å². The fourth-order valence-corrected chi connectivity index (χ4v) is 1.53. The molecule has 0 radical (unpaired) electrons. The first-order valence-corrected chi connectivity index (χ1v) is 6.08. The maximum absolute atomic E-state index is 13.4. The number of carboxylic acids is 1. The van der Waals surface area contributed by atoms with E-state index in [1.807, 2.05) is 0 Å². The van der Waals surface area contributed by atoms with E-state index in [1.165, 1.54) is 12.1 Å².